The zero-order valence-corrected chi connectivity index (χ0v) is 34.1. The molecule has 2 heteroatoms. The highest BCUT2D eigenvalue weighted by atomic mass is 16.5. The van der Waals surface area contributed by atoms with E-state index in [2.05, 4.69) is 27.7 Å². The summed E-state index contributed by atoms with van der Waals surface area (Å²) in [5, 5.41) is 0. The third-order valence-electron chi connectivity index (χ3n) is 16.8. The molecule has 50 heavy (non-hydrogen) atoms. The Hall–Kier alpha value is -0.0800. The van der Waals surface area contributed by atoms with E-state index in [1.807, 2.05) is 0 Å². The van der Waals surface area contributed by atoms with E-state index in [4.69, 9.17) is 9.47 Å². The lowest BCUT2D eigenvalue weighted by Gasteiger charge is -2.39. The maximum atomic E-state index is 6.47. The fraction of sp³-hybridized carbons (Fsp3) is 1.00. The van der Waals surface area contributed by atoms with Gasteiger partial charge in [-0.2, -0.15) is 0 Å². The summed E-state index contributed by atoms with van der Waals surface area (Å²) in [4.78, 5) is 0. The molecule has 7 aliphatic carbocycles. The summed E-state index contributed by atoms with van der Waals surface area (Å²) >= 11 is 0. The van der Waals surface area contributed by atoms with Crippen molar-refractivity contribution in [2.45, 2.75) is 220 Å². The van der Waals surface area contributed by atoms with Crippen molar-refractivity contribution in [1.29, 1.82) is 0 Å². The third-order valence-corrected chi connectivity index (χ3v) is 16.8. The maximum absolute atomic E-state index is 6.47. The SMILES string of the molecule is CC1CCC(C2CCC(COC3CCC(C4CCC(C)CC4)CC3)CC2)CC1.CC1CCC(OCC2CCC(C3CCC(C)CC3)CC2)CC1.[HH].[HH].[HH].[HH].[HH].[HH].[HH]. The molecule has 7 aliphatic rings. The summed E-state index contributed by atoms with van der Waals surface area (Å²) in [6, 6.07) is 0. The Kier molecular flexibility index (Phi) is 16.3. The van der Waals surface area contributed by atoms with Gasteiger partial charge in [0.15, 0.2) is 0 Å². The molecule has 0 spiro atoms. The van der Waals surface area contributed by atoms with Crippen LogP contribution in [0.5, 0.6) is 0 Å². The van der Waals surface area contributed by atoms with E-state index >= 15 is 0 Å². The van der Waals surface area contributed by atoms with E-state index < -0.39 is 0 Å². The molecule has 0 atom stereocenters. The second-order valence-corrected chi connectivity index (χ2v) is 20.7. The number of hydrogen-bond acceptors (Lipinski definition) is 2. The Morgan fingerprint density at radius 2 is 0.480 bits per heavy atom. The molecule has 0 unspecified atom stereocenters. The standard InChI is InChI=1S/C27H48O.C21H38O.7H2/c1-20-3-9-23(10-4-20)25-13-7-22(8-14-25)19-28-27-17-15-26(16-18-27)24-11-5-21(2)6-12-24;1-16-3-9-19(10-4-16)20-11-7-18(8-12-20)15-22-21-13-5-17(2)6-14-21;;;;;;;/h20-27H,3-19H2,1-2H3;16-21H,3-15H2,1-2H3;7*1H. The van der Waals surface area contributed by atoms with Crippen LogP contribution in [0.1, 0.15) is 217 Å². The summed E-state index contributed by atoms with van der Waals surface area (Å²) in [7, 11) is 0. The summed E-state index contributed by atoms with van der Waals surface area (Å²) < 4.78 is 12.7. The van der Waals surface area contributed by atoms with Crippen molar-refractivity contribution in [2.24, 2.45) is 71.0 Å². The Labute approximate surface area is 322 Å². The van der Waals surface area contributed by atoms with Gasteiger partial charge in [0.1, 0.15) is 0 Å². The second-order valence-electron chi connectivity index (χ2n) is 20.7. The van der Waals surface area contributed by atoms with Crippen LogP contribution in [0.15, 0.2) is 0 Å². The van der Waals surface area contributed by atoms with Crippen LogP contribution in [-0.2, 0) is 9.47 Å². The summed E-state index contributed by atoms with van der Waals surface area (Å²) in [6.07, 6.45) is 42.1. The van der Waals surface area contributed by atoms with Gasteiger partial charge in [-0.05, 0) is 212 Å². The predicted molar refractivity (Wildman–Crippen MR) is 228 cm³/mol. The van der Waals surface area contributed by atoms with Gasteiger partial charge in [-0.25, -0.2) is 0 Å². The van der Waals surface area contributed by atoms with Crippen molar-refractivity contribution in [3.63, 3.8) is 0 Å². The Balaban J connectivity index is 0. The van der Waals surface area contributed by atoms with Gasteiger partial charge in [-0.15, -0.1) is 0 Å². The second kappa shape index (κ2) is 20.6. The third kappa shape index (κ3) is 12.5. The lowest BCUT2D eigenvalue weighted by molar-refractivity contribution is -0.0191. The maximum Gasteiger partial charge on any atom is 0.0575 e. The molecule has 7 rings (SSSR count). The first kappa shape index (κ1) is 39.6. The lowest BCUT2D eigenvalue weighted by Crippen LogP contribution is -2.30. The number of hydrogen-bond donors (Lipinski definition) is 0. The molecule has 0 amide bonds. The summed E-state index contributed by atoms with van der Waals surface area (Å²) in [5.41, 5.74) is 0. The van der Waals surface area contributed by atoms with E-state index in [1.165, 1.54) is 180 Å². The minimum Gasteiger partial charge on any atom is -0.378 e. The fourth-order valence-electron chi connectivity index (χ4n) is 12.6. The van der Waals surface area contributed by atoms with Crippen molar-refractivity contribution in [3.8, 4) is 0 Å². The Bertz CT molecular complexity index is 864. The average Bonchev–Trinajstić information content (AvgIpc) is 3.16. The highest BCUT2D eigenvalue weighted by Crippen LogP contribution is 2.44. The van der Waals surface area contributed by atoms with Gasteiger partial charge in [0.2, 0.25) is 0 Å². The van der Waals surface area contributed by atoms with Crippen LogP contribution in [0.4, 0.5) is 0 Å². The molecule has 304 valence electrons. The van der Waals surface area contributed by atoms with Crippen LogP contribution in [-0.4, -0.2) is 25.4 Å². The van der Waals surface area contributed by atoms with Gasteiger partial charge in [0.05, 0.1) is 12.2 Å². The molecule has 0 aromatic heterocycles. The Morgan fingerprint density at radius 3 is 0.760 bits per heavy atom. The molecule has 0 aliphatic heterocycles. The van der Waals surface area contributed by atoms with Crippen LogP contribution in [0.25, 0.3) is 0 Å². The lowest BCUT2D eigenvalue weighted by atomic mass is 9.69. The average molecular weight is 709 g/mol. The molecule has 0 saturated heterocycles. The zero-order valence-electron chi connectivity index (χ0n) is 34.1. The smallest absolute Gasteiger partial charge is 0.0575 e. The van der Waals surface area contributed by atoms with E-state index in [1.54, 1.807) is 0 Å². The molecule has 0 radical (unpaired) electrons. The normalized spacial score (nSPS) is 44.9. The summed E-state index contributed by atoms with van der Waals surface area (Å²) in [6.45, 7) is 11.9. The molecular formula is C48H100O2. The van der Waals surface area contributed by atoms with Crippen LogP contribution >= 0.6 is 0 Å². The van der Waals surface area contributed by atoms with E-state index in [-0.39, 0.29) is 9.99 Å². The van der Waals surface area contributed by atoms with Crippen molar-refractivity contribution < 1.29 is 19.5 Å². The van der Waals surface area contributed by atoms with Gasteiger partial charge in [-0.1, -0.05) is 66.2 Å². The highest BCUT2D eigenvalue weighted by molar-refractivity contribution is 4.85. The van der Waals surface area contributed by atoms with Gasteiger partial charge in [-0.3, -0.25) is 0 Å². The van der Waals surface area contributed by atoms with Crippen molar-refractivity contribution in [2.75, 3.05) is 13.2 Å². The fourth-order valence-corrected chi connectivity index (χ4v) is 12.6. The molecule has 0 bridgehead atoms. The van der Waals surface area contributed by atoms with Crippen LogP contribution in [0, 0.1) is 71.0 Å². The number of ether oxygens (including phenoxy) is 2. The quantitative estimate of drug-likeness (QED) is 0.237. The van der Waals surface area contributed by atoms with Crippen LogP contribution in [0.2, 0.25) is 0 Å². The first-order valence-electron chi connectivity index (χ1n) is 23.6. The van der Waals surface area contributed by atoms with Crippen LogP contribution < -0.4 is 0 Å². The highest BCUT2D eigenvalue weighted by Gasteiger charge is 2.33. The molecule has 0 heterocycles. The van der Waals surface area contributed by atoms with E-state index in [9.17, 15) is 0 Å². The molecule has 0 aromatic carbocycles. The van der Waals surface area contributed by atoms with Crippen molar-refractivity contribution in [1.82, 2.24) is 0 Å². The first-order valence-corrected chi connectivity index (χ1v) is 23.6. The van der Waals surface area contributed by atoms with E-state index in [0.29, 0.717) is 12.2 Å². The van der Waals surface area contributed by atoms with Crippen molar-refractivity contribution in [3.05, 3.63) is 0 Å². The topological polar surface area (TPSA) is 18.5 Å². The van der Waals surface area contributed by atoms with Gasteiger partial charge < -0.3 is 9.47 Å². The van der Waals surface area contributed by atoms with Gasteiger partial charge in [0, 0.05) is 23.2 Å². The largest absolute Gasteiger partial charge is 0.378 e. The van der Waals surface area contributed by atoms with Gasteiger partial charge >= 0.3 is 0 Å². The zero-order chi connectivity index (χ0) is 34.7. The monoisotopic (exact) mass is 709 g/mol. The Morgan fingerprint density at radius 1 is 0.280 bits per heavy atom. The molecule has 0 aromatic rings. The molecule has 0 N–H and O–H groups in total. The number of rotatable bonds is 9. The molecule has 7 saturated carbocycles. The predicted octanol–water partition coefficient (Wildman–Crippen LogP) is 16.0. The molecule has 2 nitrogen and oxygen atoms in total. The van der Waals surface area contributed by atoms with Crippen LogP contribution in [0.3, 0.4) is 0 Å². The van der Waals surface area contributed by atoms with Gasteiger partial charge in [0.25, 0.3) is 0 Å². The molecule has 7 fully saturated rings. The van der Waals surface area contributed by atoms with Crippen molar-refractivity contribution >= 4 is 0 Å². The minimum absolute atomic E-state index is 0. The molecular weight excluding hydrogens is 609 g/mol. The van der Waals surface area contributed by atoms with E-state index in [0.717, 1.165) is 84.2 Å². The summed E-state index contributed by atoms with van der Waals surface area (Å²) in [5.74, 6) is 12.0. The first-order chi connectivity index (χ1) is 24.4. The minimum atomic E-state index is 0.